The van der Waals surface area contributed by atoms with Gasteiger partial charge in [-0.05, 0) is 13.3 Å². The summed E-state index contributed by atoms with van der Waals surface area (Å²) in [5.74, 6) is 0. The SMILES string of the molecule is CCCC1CN(CC(C)OC)CCN1. The summed E-state index contributed by atoms with van der Waals surface area (Å²) in [4.78, 5) is 2.50. The molecule has 0 aliphatic carbocycles. The molecule has 1 fully saturated rings. The molecule has 1 aliphatic rings. The quantitative estimate of drug-likeness (QED) is 0.719. The molecule has 1 rings (SSSR count). The Morgan fingerprint density at radius 1 is 1.57 bits per heavy atom. The standard InChI is InChI=1S/C11H24N2O/c1-4-5-11-9-13(7-6-12-11)8-10(2)14-3/h10-12H,4-9H2,1-3H3. The van der Waals surface area contributed by atoms with Gasteiger partial charge in [0.2, 0.25) is 0 Å². The summed E-state index contributed by atoms with van der Waals surface area (Å²) in [6, 6.07) is 0.692. The molecule has 0 saturated carbocycles. The maximum Gasteiger partial charge on any atom is 0.0670 e. The molecule has 2 atom stereocenters. The van der Waals surface area contributed by atoms with Crippen molar-refractivity contribution < 1.29 is 4.74 Å². The van der Waals surface area contributed by atoms with Crippen molar-refractivity contribution in [2.45, 2.75) is 38.8 Å². The van der Waals surface area contributed by atoms with Gasteiger partial charge in [-0.1, -0.05) is 13.3 Å². The predicted molar refractivity (Wildman–Crippen MR) is 59.6 cm³/mol. The van der Waals surface area contributed by atoms with Crippen LogP contribution in [0.15, 0.2) is 0 Å². The largest absolute Gasteiger partial charge is 0.380 e. The van der Waals surface area contributed by atoms with Gasteiger partial charge in [0.25, 0.3) is 0 Å². The van der Waals surface area contributed by atoms with Crippen molar-refractivity contribution in [1.29, 1.82) is 0 Å². The summed E-state index contributed by atoms with van der Waals surface area (Å²) in [6.45, 7) is 8.92. The molecule has 0 aromatic carbocycles. The lowest BCUT2D eigenvalue weighted by Gasteiger charge is -2.34. The van der Waals surface area contributed by atoms with E-state index in [2.05, 4.69) is 24.1 Å². The molecule has 0 spiro atoms. The van der Waals surface area contributed by atoms with E-state index in [1.165, 1.54) is 19.4 Å². The summed E-state index contributed by atoms with van der Waals surface area (Å²) in [7, 11) is 1.79. The lowest BCUT2D eigenvalue weighted by Crippen LogP contribution is -2.52. The maximum atomic E-state index is 5.29. The van der Waals surface area contributed by atoms with Crippen LogP contribution in [-0.2, 0) is 4.74 Å². The second-order valence-corrected chi connectivity index (χ2v) is 4.25. The van der Waals surface area contributed by atoms with E-state index in [1.807, 2.05) is 0 Å². The lowest BCUT2D eigenvalue weighted by atomic mass is 10.1. The predicted octanol–water partition coefficient (Wildman–Crippen LogP) is 1.10. The molecule has 3 heteroatoms. The molecule has 84 valence electrons. The van der Waals surface area contributed by atoms with Crippen LogP contribution in [0.2, 0.25) is 0 Å². The second kappa shape index (κ2) is 6.38. The van der Waals surface area contributed by atoms with Crippen molar-refractivity contribution in [3.63, 3.8) is 0 Å². The van der Waals surface area contributed by atoms with E-state index in [0.29, 0.717) is 12.1 Å². The molecular weight excluding hydrogens is 176 g/mol. The minimum Gasteiger partial charge on any atom is -0.380 e. The van der Waals surface area contributed by atoms with Crippen molar-refractivity contribution in [1.82, 2.24) is 10.2 Å². The molecule has 0 radical (unpaired) electrons. The number of ether oxygens (including phenoxy) is 1. The summed E-state index contributed by atoms with van der Waals surface area (Å²) in [5.41, 5.74) is 0. The zero-order valence-corrected chi connectivity index (χ0v) is 9.75. The Kier molecular flexibility index (Phi) is 5.45. The van der Waals surface area contributed by atoms with Crippen LogP contribution in [0.25, 0.3) is 0 Å². The van der Waals surface area contributed by atoms with Crippen molar-refractivity contribution in [3.05, 3.63) is 0 Å². The Labute approximate surface area is 87.8 Å². The van der Waals surface area contributed by atoms with Crippen LogP contribution in [0.4, 0.5) is 0 Å². The van der Waals surface area contributed by atoms with E-state index >= 15 is 0 Å². The number of piperazine rings is 1. The van der Waals surface area contributed by atoms with Crippen LogP contribution in [0, 0.1) is 0 Å². The van der Waals surface area contributed by atoms with Crippen LogP contribution >= 0.6 is 0 Å². The first-order valence-electron chi connectivity index (χ1n) is 5.74. The van der Waals surface area contributed by atoms with Crippen molar-refractivity contribution >= 4 is 0 Å². The van der Waals surface area contributed by atoms with Gasteiger partial charge in [-0.3, -0.25) is 4.90 Å². The van der Waals surface area contributed by atoms with Crippen LogP contribution in [-0.4, -0.2) is 50.3 Å². The van der Waals surface area contributed by atoms with Crippen molar-refractivity contribution in [2.75, 3.05) is 33.3 Å². The topological polar surface area (TPSA) is 24.5 Å². The first kappa shape index (κ1) is 12.0. The molecule has 14 heavy (non-hydrogen) atoms. The highest BCUT2D eigenvalue weighted by molar-refractivity contribution is 4.79. The maximum absolute atomic E-state index is 5.29. The summed E-state index contributed by atoms with van der Waals surface area (Å²) >= 11 is 0. The van der Waals surface area contributed by atoms with E-state index in [-0.39, 0.29) is 0 Å². The number of hydrogen-bond acceptors (Lipinski definition) is 3. The van der Waals surface area contributed by atoms with Crippen LogP contribution in [0.1, 0.15) is 26.7 Å². The number of methoxy groups -OCH3 is 1. The van der Waals surface area contributed by atoms with Crippen LogP contribution in [0.3, 0.4) is 0 Å². The minimum absolute atomic E-state index is 0.357. The fourth-order valence-corrected chi connectivity index (χ4v) is 2.04. The zero-order valence-electron chi connectivity index (χ0n) is 9.75. The Morgan fingerprint density at radius 3 is 3.00 bits per heavy atom. The number of rotatable bonds is 5. The van der Waals surface area contributed by atoms with Gasteiger partial charge in [-0.25, -0.2) is 0 Å². The van der Waals surface area contributed by atoms with Crippen molar-refractivity contribution in [2.24, 2.45) is 0 Å². The molecule has 0 bridgehead atoms. The van der Waals surface area contributed by atoms with Gasteiger partial charge in [-0.15, -0.1) is 0 Å². The molecule has 1 heterocycles. The van der Waals surface area contributed by atoms with Gasteiger partial charge in [0.1, 0.15) is 0 Å². The molecule has 1 aliphatic heterocycles. The Bertz CT molecular complexity index is 150. The molecule has 1 saturated heterocycles. The third-order valence-corrected chi connectivity index (χ3v) is 2.89. The van der Waals surface area contributed by atoms with Gasteiger partial charge in [0, 0.05) is 39.3 Å². The molecular formula is C11H24N2O. The summed E-state index contributed by atoms with van der Waals surface area (Å²) in [6.07, 6.45) is 2.92. The summed E-state index contributed by atoms with van der Waals surface area (Å²) < 4.78 is 5.29. The van der Waals surface area contributed by atoms with E-state index < -0.39 is 0 Å². The van der Waals surface area contributed by atoms with Crippen LogP contribution < -0.4 is 5.32 Å². The van der Waals surface area contributed by atoms with E-state index in [0.717, 1.165) is 19.6 Å². The van der Waals surface area contributed by atoms with Gasteiger partial charge < -0.3 is 10.1 Å². The van der Waals surface area contributed by atoms with Gasteiger partial charge in [0.15, 0.2) is 0 Å². The van der Waals surface area contributed by atoms with E-state index in [9.17, 15) is 0 Å². The van der Waals surface area contributed by atoms with Crippen molar-refractivity contribution in [3.8, 4) is 0 Å². The minimum atomic E-state index is 0.357. The smallest absolute Gasteiger partial charge is 0.0670 e. The number of nitrogens with zero attached hydrogens (tertiary/aromatic N) is 1. The molecule has 1 N–H and O–H groups in total. The lowest BCUT2D eigenvalue weighted by molar-refractivity contribution is 0.0648. The molecule has 0 aromatic rings. The highest BCUT2D eigenvalue weighted by Crippen LogP contribution is 2.06. The van der Waals surface area contributed by atoms with Gasteiger partial charge in [-0.2, -0.15) is 0 Å². The third-order valence-electron chi connectivity index (χ3n) is 2.89. The summed E-state index contributed by atoms with van der Waals surface area (Å²) in [5, 5.41) is 3.56. The number of hydrogen-bond donors (Lipinski definition) is 1. The number of nitrogens with one attached hydrogen (secondary N) is 1. The average Bonchev–Trinajstić information content (AvgIpc) is 2.19. The molecule has 3 nitrogen and oxygen atoms in total. The van der Waals surface area contributed by atoms with E-state index in [4.69, 9.17) is 4.74 Å². The fourth-order valence-electron chi connectivity index (χ4n) is 2.04. The first-order valence-corrected chi connectivity index (χ1v) is 5.74. The monoisotopic (exact) mass is 200 g/mol. The van der Waals surface area contributed by atoms with Gasteiger partial charge >= 0.3 is 0 Å². The highest BCUT2D eigenvalue weighted by Gasteiger charge is 2.19. The van der Waals surface area contributed by atoms with Gasteiger partial charge in [0.05, 0.1) is 6.10 Å². The Balaban J connectivity index is 2.25. The fraction of sp³-hybridized carbons (Fsp3) is 1.00. The zero-order chi connectivity index (χ0) is 10.4. The molecule has 0 amide bonds. The average molecular weight is 200 g/mol. The molecule has 2 unspecified atom stereocenters. The van der Waals surface area contributed by atoms with E-state index in [1.54, 1.807) is 7.11 Å². The third kappa shape index (κ3) is 3.95. The molecule has 0 aromatic heterocycles. The Hall–Kier alpha value is -0.120. The van der Waals surface area contributed by atoms with Crippen LogP contribution in [0.5, 0.6) is 0 Å². The Morgan fingerprint density at radius 2 is 2.36 bits per heavy atom. The normalized spacial score (nSPS) is 26.4. The first-order chi connectivity index (χ1) is 6.76. The second-order valence-electron chi connectivity index (χ2n) is 4.25. The highest BCUT2D eigenvalue weighted by atomic mass is 16.5.